The third-order valence-corrected chi connectivity index (χ3v) is 3.52. The number of hydrogen-bond donors (Lipinski definition) is 1. The molecule has 2 aliphatic rings. The molecule has 1 atom stereocenters. The number of rotatable bonds is 3. The lowest BCUT2D eigenvalue weighted by Gasteiger charge is -2.20. The van der Waals surface area contributed by atoms with Gasteiger partial charge in [0, 0.05) is 32.1 Å². The van der Waals surface area contributed by atoms with Crippen molar-refractivity contribution in [1.82, 2.24) is 10.2 Å². The van der Waals surface area contributed by atoms with Crippen molar-refractivity contribution in [3.8, 4) is 0 Å². The van der Waals surface area contributed by atoms with Gasteiger partial charge >= 0.3 is 0 Å². The van der Waals surface area contributed by atoms with Crippen molar-refractivity contribution >= 4 is 5.84 Å². The maximum Gasteiger partial charge on any atom is 0.0963 e. The van der Waals surface area contributed by atoms with Crippen LogP contribution in [0.4, 0.5) is 0 Å². The number of nitrogens with one attached hydrogen (secondary N) is 1. The van der Waals surface area contributed by atoms with Gasteiger partial charge in [0.1, 0.15) is 0 Å². The molecule has 1 N–H and O–H groups in total. The zero-order valence-electron chi connectivity index (χ0n) is 10.00. The second-order valence-corrected chi connectivity index (χ2v) is 5.06. The first-order valence-electron chi connectivity index (χ1n) is 6.27. The van der Waals surface area contributed by atoms with Crippen LogP contribution >= 0.6 is 0 Å². The van der Waals surface area contributed by atoms with E-state index in [0.717, 1.165) is 19.0 Å². The van der Waals surface area contributed by atoms with Gasteiger partial charge < -0.3 is 10.2 Å². The third-order valence-electron chi connectivity index (χ3n) is 3.52. The highest BCUT2D eigenvalue weighted by molar-refractivity contribution is 5.83. The molecule has 0 aromatic carbocycles. The van der Waals surface area contributed by atoms with Crippen molar-refractivity contribution in [2.24, 2.45) is 10.9 Å². The van der Waals surface area contributed by atoms with E-state index in [2.05, 4.69) is 29.1 Å². The van der Waals surface area contributed by atoms with E-state index in [9.17, 15) is 0 Å². The van der Waals surface area contributed by atoms with Crippen LogP contribution in [0.5, 0.6) is 0 Å². The Balaban J connectivity index is 1.68. The quantitative estimate of drug-likeness (QED) is 0.763. The van der Waals surface area contributed by atoms with E-state index in [1.165, 1.54) is 38.2 Å². The lowest BCUT2D eigenvalue weighted by atomic mass is 10.1. The summed E-state index contributed by atoms with van der Waals surface area (Å²) in [7, 11) is 0. The molecule has 15 heavy (non-hydrogen) atoms. The molecule has 3 nitrogen and oxygen atoms in total. The second-order valence-electron chi connectivity index (χ2n) is 5.06. The maximum absolute atomic E-state index is 4.44. The van der Waals surface area contributed by atoms with Gasteiger partial charge in [0.25, 0.3) is 0 Å². The van der Waals surface area contributed by atoms with E-state index in [1.54, 1.807) is 0 Å². The van der Waals surface area contributed by atoms with Crippen molar-refractivity contribution in [1.29, 1.82) is 0 Å². The first kappa shape index (κ1) is 10.9. The fraction of sp³-hybridized carbons (Fsp3) is 0.917. The Kier molecular flexibility index (Phi) is 3.62. The van der Waals surface area contributed by atoms with Gasteiger partial charge in [-0.15, -0.1) is 0 Å². The van der Waals surface area contributed by atoms with Crippen LogP contribution in [0.25, 0.3) is 0 Å². The largest absolute Gasteiger partial charge is 0.374 e. The van der Waals surface area contributed by atoms with Gasteiger partial charge in [0.15, 0.2) is 0 Å². The summed E-state index contributed by atoms with van der Waals surface area (Å²) in [5.41, 5.74) is 0. The van der Waals surface area contributed by atoms with Crippen molar-refractivity contribution in [2.75, 3.05) is 26.2 Å². The summed E-state index contributed by atoms with van der Waals surface area (Å²) in [6.45, 7) is 9.27. The molecular formula is C12H23N3. The topological polar surface area (TPSA) is 27.6 Å². The summed E-state index contributed by atoms with van der Waals surface area (Å²) in [6.07, 6.45) is 3.75. The van der Waals surface area contributed by atoms with Gasteiger partial charge in [-0.05, 0) is 39.2 Å². The third kappa shape index (κ3) is 2.94. The normalized spacial score (nSPS) is 27.4. The minimum Gasteiger partial charge on any atom is -0.374 e. The van der Waals surface area contributed by atoms with E-state index in [0.29, 0.717) is 6.04 Å². The molecule has 2 heterocycles. The average Bonchev–Trinajstić information content (AvgIpc) is 2.86. The molecule has 0 aromatic heterocycles. The molecule has 0 bridgehead atoms. The summed E-state index contributed by atoms with van der Waals surface area (Å²) >= 11 is 0. The zero-order valence-corrected chi connectivity index (χ0v) is 10.00. The highest BCUT2D eigenvalue weighted by Crippen LogP contribution is 2.17. The first-order valence-corrected chi connectivity index (χ1v) is 6.27. The van der Waals surface area contributed by atoms with Gasteiger partial charge in [-0.3, -0.25) is 4.99 Å². The van der Waals surface area contributed by atoms with Crippen LogP contribution in [-0.2, 0) is 0 Å². The number of likely N-dealkylation sites (tertiary alicyclic amines) is 1. The number of aliphatic imine (C=N–C) groups is 1. The molecule has 1 unspecified atom stereocenters. The number of nitrogens with zero attached hydrogens (tertiary/aromatic N) is 2. The summed E-state index contributed by atoms with van der Waals surface area (Å²) in [4.78, 5) is 7.01. The molecule has 1 saturated heterocycles. The summed E-state index contributed by atoms with van der Waals surface area (Å²) < 4.78 is 0. The molecule has 0 amide bonds. The van der Waals surface area contributed by atoms with Crippen LogP contribution in [0.2, 0.25) is 0 Å². The van der Waals surface area contributed by atoms with Crippen molar-refractivity contribution in [3.63, 3.8) is 0 Å². The van der Waals surface area contributed by atoms with Gasteiger partial charge in [-0.1, -0.05) is 0 Å². The van der Waals surface area contributed by atoms with Crippen LogP contribution in [0.15, 0.2) is 4.99 Å². The monoisotopic (exact) mass is 209 g/mol. The maximum atomic E-state index is 4.44. The summed E-state index contributed by atoms with van der Waals surface area (Å²) in [5, 5.41) is 3.51. The summed E-state index contributed by atoms with van der Waals surface area (Å²) in [6, 6.07) is 0.707. The smallest absolute Gasteiger partial charge is 0.0963 e. The van der Waals surface area contributed by atoms with Crippen LogP contribution in [0.3, 0.4) is 0 Å². The molecule has 86 valence electrons. The fourth-order valence-electron chi connectivity index (χ4n) is 2.44. The van der Waals surface area contributed by atoms with E-state index in [4.69, 9.17) is 0 Å². The Labute approximate surface area is 92.9 Å². The van der Waals surface area contributed by atoms with Crippen LogP contribution < -0.4 is 5.32 Å². The Bertz CT molecular complexity index is 235. The van der Waals surface area contributed by atoms with Gasteiger partial charge in [0.05, 0.1) is 5.84 Å². The SMILES string of the molecule is CC(C)N1CCC(CNC2=NCCC2)C1. The minimum atomic E-state index is 0.707. The number of hydrogen-bond acceptors (Lipinski definition) is 3. The predicted molar refractivity (Wildman–Crippen MR) is 64.4 cm³/mol. The standard InChI is InChI=1S/C12H23N3/c1-10(2)15-7-5-11(9-15)8-14-12-4-3-6-13-12/h10-11H,3-9H2,1-2H3,(H,13,14). The van der Waals surface area contributed by atoms with Gasteiger partial charge in [0.2, 0.25) is 0 Å². The Morgan fingerprint density at radius 2 is 2.40 bits per heavy atom. The van der Waals surface area contributed by atoms with E-state index in [1.807, 2.05) is 0 Å². The van der Waals surface area contributed by atoms with Gasteiger partial charge in [-0.25, -0.2) is 0 Å². The average molecular weight is 209 g/mol. The van der Waals surface area contributed by atoms with Crippen LogP contribution in [0.1, 0.15) is 33.1 Å². The minimum absolute atomic E-state index is 0.707. The van der Waals surface area contributed by atoms with Crippen molar-refractivity contribution in [2.45, 2.75) is 39.2 Å². The molecule has 0 aliphatic carbocycles. The highest BCUT2D eigenvalue weighted by atomic mass is 15.2. The Hall–Kier alpha value is -0.570. The molecule has 2 aliphatic heterocycles. The molecule has 1 fully saturated rings. The van der Waals surface area contributed by atoms with E-state index in [-0.39, 0.29) is 0 Å². The molecule has 0 saturated carbocycles. The molecule has 0 aromatic rings. The number of amidine groups is 1. The Morgan fingerprint density at radius 1 is 1.53 bits per heavy atom. The lowest BCUT2D eigenvalue weighted by molar-refractivity contribution is 0.265. The first-order chi connectivity index (χ1) is 7.25. The van der Waals surface area contributed by atoms with Crippen molar-refractivity contribution < 1.29 is 0 Å². The van der Waals surface area contributed by atoms with Gasteiger partial charge in [-0.2, -0.15) is 0 Å². The predicted octanol–water partition coefficient (Wildman–Crippen LogP) is 1.50. The van der Waals surface area contributed by atoms with Crippen LogP contribution in [0, 0.1) is 5.92 Å². The second kappa shape index (κ2) is 4.97. The summed E-state index contributed by atoms with van der Waals surface area (Å²) in [5.74, 6) is 2.08. The molecule has 0 spiro atoms. The molecule has 0 radical (unpaired) electrons. The molecule has 3 heteroatoms. The van der Waals surface area contributed by atoms with Crippen LogP contribution in [-0.4, -0.2) is 43.0 Å². The zero-order chi connectivity index (χ0) is 10.7. The lowest BCUT2D eigenvalue weighted by Crippen LogP contribution is -2.32. The molecular weight excluding hydrogens is 186 g/mol. The van der Waals surface area contributed by atoms with E-state index >= 15 is 0 Å². The Morgan fingerprint density at radius 3 is 3.00 bits per heavy atom. The van der Waals surface area contributed by atoms with E-state index < -0.39 is 0 Å². The van der Waals surface area contributed by atoms with Crippen molar-refractivity contribution in [3.05, 3.63) is 0 Å². The fourth-order valence-corrected chi connectivity index (χ4v) is 2.44. The highest BCUT2D eigenvalue weighted by Gasteiger charge is 2.24. The molecule has 2 rings (SSSR count).